The minimum absolute atomic E-state index is 0.123. The second-order valence-corrected chi connectivity index (χ2v) is 6.62. The molecule has 0 aromatic rings. The fourth-order valence-corrected chi connectivity index (χ4v) is 2.94. The highest BCUT2D eigenvalue weighted by Gasteiger charge is 2.47. The lowest BCUT2D eigenvalue weighted by molar-refractivity contribution is 0.0972. The highest BCUT2D eigenvalue weighted by Crippen LogP contribution is 2.56. The third kappa shape index (κ3) is 2.75. The minimum atomic E-state index is -0.123. The Morgan fingerprint density at radius 2 is 1.87 bits per heavy atom. The van der Waals surface area contributed by atoms with Gasteiger partial charge in [0.05, 0.1) is 6.10 Å². The predicted molar refractivity (Wildman–Crippen MR) is 65.8 cm³/mol. The summed E-state index contributed by atoms with van der Waals surface area (Å²) in [5, 5.41) is 9.26. The summed E-state index contributed by atoms with van der Waals surface area (Å²) < 4.78 is 0. The molecule has 0 aliphatic heterocycles. The Hall–Kier alpha value is -0.0400. The third-order valence-corrected chi connectivity index (χ3v) is 5.06. The molecule has 1 aliphatic rings. The standard InChI is InChI=1S/C14H28O/c1-11(15)7-6-8-12-9-10-13(2,3)14(12,4)5/h11-12,15H,6-10H2,1-5H3. The molecular weight excluding hydrogens is 184 g/mol. The summed E-state index contributed by atoms with van der Waals surface area (Å²) in [4.78, 5) is 0. The molecule has 1 heteroatoms. The van der Waals surface area contributed by atoms with Crippen LogP contribution < -0.4 is 0 Å². The normalized spacial score (nSPS) is 30.4. The van der Waals surface area contributed by atoms with Gasteiger partial charge in [-0.3, -0.25) is 0 Å². The van der Waals surface area contributed by atoms with Gasteiger partial charge in [-0.05, 0) is 49.4 Å². The summed E-state index contributed by atoms with van der Waals surface area (Å²) in [5.74, 6) is 0.853. The Balaban J connectivity index is 2.44. The van der Waals surface area contributed by atoms with Gasteiger partial charge < -0.3 is 5.11 Å². The zero-order valence-electron chi connectivity index (χ0n) is 11.1. The van der Waals surface area contributed by atoms with Gasteiger partial charge in [0.25, 0.3) is 0 Å². The number of hydrogen-bond donors (Lipinski definition) is 1. The molecular formula is C14H28O. The van der Waals surface area contributed by atoms with Gasteiger partial charge in [-0.25, -0.2) is 0 Å². The highest BCUT2D eigenvalue weighted by atomic mass is 16.3. The van der Waals surface area contributed by atoms with Crippen molar-refractivity contribution in [2.45, 2.75) is 72.8 Å². The van der Waals surface area contributed by atoms with Gasteiger partial charge in [0, 0.05) is 0 Å². The van der Waals surface area contributed by atoms with Crippen LogP contribution >= 0.6 is 0 Å². The molecule has 2 unspecified atom stereocenters. The van der Waals surface area contributed by atoms with E-state index in [9.17, 15) is 5.11 Å². The fraction of sp³-hybridized carbons (Fsp3) is 1.00. The van der Waals surface area contributed by atoms with Crippen molar-refractivity contribution in [3.63, 3.8) is 0 Å². The second-order valence-electron chi connectivity index (χ2n) is 6.62. The minimum Gasteiger partial charge on any atom is -0.393 e. The van der Waals surface area contributed by atoms with E-state index in [1.54, 1.807) is 0 Å². The lowest BCUT2D eigenvalue weighted by Crippen LogP contribution is -2.31. The van der Waals surface area contributed by atoms with Gasteiger partial charge in [0.2, 0.25) is 0 Å². The van der Waals surface area contributed by atoms with Crippen LogP contribution in [0.2, 0.25) is 0 Å². The van der Waals surface area contributed by atoms with Gasteiger partial charge in [-0.1, -0.05) is 34.1 Å². The van der Waals surface area contributed by atoms with Crippen molar-refractivity contribution in [1.82, 2.24) is 0 Å². The summed E-state index contributed by atoms with van der Waals surface area (Å²) in [7, 11) is 0. The maximum Gasteiger partial charge on any atom is 0.0512 e. The van der Waals surface area contributed by atoms with Crippen molar-refractivity contribution in [1.29, 1.82) is 0 Å². The molecule has 0 aromatic heterocycles. The van der Waals surface area contributed by atoms with Gasteiger partial charge in [0.1, 0.15) is 0 Å². The molecule has 0 saturated heterocycles. The molecule has 0 radical (unpaired) electrons. The molecule has 90 valence electrons. The molecule has 1 saturated carbocycles. The predicted octanol–water partition coefficient (Wildman–Crippen LogP) is 4.00. The number of aliphatic hydroxyl groups is 1. The topological polar surface area (TPSA) is 20.2 Å². The van der Waals surface area contributed by atoms with Crippen LogP contribution in [-0.4, -0.2) is 11.2 Å². The second kappa shape index (κ2) is 4.45. The van der Waals surface area contributed by atoms with E-state index in [-0.39, 0.29) is 6.10 Å². The molecule has 1 rings (SSSR count). The zero-order valence-corrected chi connectivity index (χ0v) is 11.1. The van der Waals surface area contributed by atoms with Gasteiger partial charge in [-0.15, -0.1) is 0 Å². The zero-order chi connectivity index (χ0) is 11.7. The van der Waals surface area contributed by atoms with E-state index in [1.807, 2.05) is 6.92 Å². The Morgan fingerprint density at radius 1 is 1.27 bits per heavy atom. The first-order valence-electron chi connectivity index (χ1n) is 6.45. The van der Waals surface area contributed by atoms with Crippen molar-refractivity contribution in [3.05, 3.63) is 0 Å². The summed E-state index contributed by atoms with van der Waals surface area (Å²) >= 11 is 0. The van der Waals surface area contributed by atoms with Crippen LogP contribution in [0.25, 0.3) is 0 Å². The summed E-state index contributed by atoms with van der Waals surface area (Å²) in [6.45, 7) is 11.5. The third-order valence-electron chi connectivity index (χ3n) is 5.06. The van der Waals surface area contributed by atoms with Crippen LogP contribution in [0.3, 0.4) is 0 Å². The molecule has 0 heterocycles. The lowest BCUT2D eigenvalue weighted by Gasteiger charge is -2.39. The van der Waals surface area contributed by atoms with E-state index >= 15 is 0 Å². The molecule has 0 bridgehead atoms. The lowest BCUT2D eigenvalue weighted by atomic mass is 9.66. The van der Waals surface area contributed by atoms with Crippen LogP contribution in [0.15, 0.2) is 0 Å². The number of rotatable bonds is 4. The molecule has 2 atom stereocenters. The monoisotopic (exact) mass is 212 g/mol. The average Bonchev–Trinajstić information content (AvgIpc) is 2.26. The van der Waals surface area contributed by atoms with Crippen molar-refractivity contribution in [2.75, 3.05) is 0 Å². The SMILES string of the molecule is CC(O)CCCC1CCC(C)(C)C1(C)C. The largest absolute Gasteiger partial charge is 0.393 e. The van der Waals surface area contributed by atoms with Crippen molar-refractivity contribution >= 4 is 0 Å². The van der Waals surface area contributed by atoms with Crippen LogP contribution in [-0.2, 0) is 0 Å². The summed E-state index contributed by atoms with van der Waals surface area (Å²) in [5.41, 5.74) is 0.953. The number of aliphatic hydroxyl groups excluding tert-OH is 1. The first-order chi connectivity index (χ1) is 6.77. The quantitative estimate of drug-likeness (QED) is 0.747. The van der Waals surface area contributed by atoms with Gasteiger partial charge >= 0.3 is 0 Å². The van der Waals surface area contributed by atoms with Crippen LogP contribution in [0.1, 0.15) is 66.7 Å². The Bertz CT molecular complexity index is 203. The average molecular weight is 212 g/mol. The van der Waals surface area contributed by atoms with Gasteiger partial charge in [0.15, 0.2) is 0 Å². The molecule has 1 N–H and O–H groups in total. The summed E-state index contributed by atoms with van der Waals surface area (Å²) in [6, 6.07) is 0. The summed E-state index contributed by atoms with van der Waals surface area (Å²) in [6.07, 6.45) is 6.05. The van der Waals surface area contributed by atoms with E-state index in [0.717, 1.165) is 12.3 Å². The van der Waals surface area contributed by atoms with Crippen molar-refractivity contribution < 1.29 is 5.11 Å². The molecule has 0 amide bonds. The van der Waals surface area contributed by atoms with E-state index < -0.39 is 0 Å². The first-order valence-corrected chi connectivity index (χ1v) is 6.45. The maximum atomic E-state index is 9.26. The van der Waals surface area contributed by atoms with Gasteiger partial charge in [-0.2, -0.15) is 0 Å². The molecule has 1 nitrogen and oxygen atoms in total. The highest BCUT2D eigenvalue weighted by molar-refractivity contribution is 4.97. The molecule has 1 aliphatic carbocycles. The number of hydrogen-bond acceptors (Lipinski definition) is 1. The molecule has 0 aromatic carbocycles. The van der Waals surface area contributed by atoms with Crippen LogP contribution in [0.5, 0.6) is 0 Å². The van der Waals surface area contributed by atoms with E-state index in [0.29, 0.717) is 10.8 Å². The Labute approximate surface area is 95.3 Å². The van der Waals surface area contributed by atoms with Crippen molar-refractivity contribution in [3.8, 4) is 0 Å². The smallest absolute Gasteiger partial charge is 0.0512 e. The van der Waals surface area contributed by atoms with Crippen molar-refractivity contribution in [2.24, 2.45) is 16.7 Å². The van der Waals surface area contributed by atoms with E-state index in [2.05, 4.69) is 27.7 Å². The van der Waals surface area contributed by atoms with Crippen LogP contribution in [0.4, 0.5) is 0 Å². The molecule has 15 heavy (non-hydrogen) atoms. The van der Waals surface area contributed by atoms with E-state index in [1.165, 1.54) is 25.7 Å². The van der Waals surface area contributed by atoms with Crippen LogP contribution in [0, 0.1) is 16.7 Å². The Kier molecular flexibility index (Phi) is 3.86. The maximum absolute atomic E-state index is 9.26. The molecule has 1 fully saturated rings. The Morgan fingerprint density at radius 3 is 2.27 bits per heavy atom. The van der Waals surface area contributed by atoms with E-state index in [4.69, 9.17) is 0 Å². The fourth-order valence-electron chi connectivity index (χ4n) is 2.94. The first kappa shape index (κ1) is 13.0. The molecule has 0 spiro atoms.